The third-order valence-electron chi connectivity index (χ3n) is 4.29. The van der Waals surface area contributed by atoms with Gasteiger partial charge in [0.05, 0.1) is 0 Å². The molecule has 0 heterocycles. The number of amides is 1. The average Bonchev–Trinajstić information content (AvgIpc) is 2.62. The fourth-order valence-electron chi connectivity index (χ4n) is 2.95. The molecule has 0 fully saturated rings. The number of carbonyl (C=O) groups is 2. The zero-order valence-corrected chi connectivity index (χ0v) is 15.1. The molecule has 3 atom stereocenters. The quantitative estimate of drug-likeness (QED) is 0.583. The first-order valence-corrected chi connectivity index (χ1v) is 9.04. The number of hydrogen-bond acceptors (Lipinski definition) is 4. The summed E-state index contributed by atoms with van der Waals surface area (Å²) in [6.45, 7) is 0. The number of primary amides is 1. The molecular weight excluding hydrogens is 353 g/mol. The highest BCUT2D eigenvalue weighted by Crippen LogP contribution is 2.38. The van der Waals surface area contributed by atoms with Crippen LogP contribution in [-0.2, 0) is 20.6 Å². The molecule has 2 rings (SSSR count). The van der Waals surface area contributed by atoms with Crippen LogP contribution in [-0.4, -0.2) is 27.4 Å². The lowest BCUT2D eigenvalue weighted by atomic mass is 9.88. The fraction of sp³-hybridized carbons (Fsp3) is 0.263. The Morgan fingerprint density at radius 3 is 2.27 bits per heavy atom. The third kappa shape index (κ3) is 4.75. The van der Waals surface area contributed by atoms with Gasteiger partial charge in [-0.2, -0.15) is 0 Å². The maximum Gasteiger partial charge on any atom is 0.360 e. The standard InChI is InChI=1S/C19H20NO5P/c20-17(21)11-10-16(18(22)23)19(24,26-25)12-14-8-4-5-9-15(14)13-6-2-1-3-7-13/h1-9,16,24H,10-12H2,(H2,20,21)(H,22,23)/p+1. The van der Waals surface area contributed by atoms with Gasteiger partial charge in [0.1, 0.15) is 5.92 Å². The van der Waals surface area contributed by atoms with Crippen molar-refractivity contribution in [2.24, 2.45) is 11.7 Å². The Morgan fingerprint density at radius 1 is 1.08 bits per heavy atom. The molecule has 0 aliphatic rings. The van der Waals surface area contributed by atoms with Gasteiger partial charge >= 0.3 is 14.4 Å². The second-order valence-corrected chi connectivity index (χ2v) is 7.19. The second kappa shape index (κ2) is 8.70. The molecular formula is C19H21NO5P+. The molecule has 7 heteroatoms. The molecule has 3 unspecified atom stereocenters. The Labute approximate surface area is 152 Å². The lowest BCUT2D eigenvalue weighted by Gasteiger charge is -2.23. The van der Waals surface area contributed by atoms with Crippen molar-refractivity contribution in [3.05, 3.63) is 60.2 Å². The summed E-state index contributed by atoms with van der Waals surface area (Å²) in [7, 11) is -1.27. The minimum Gasteiger partial charge on any atom is -0.481 e. The molecule has 2 aromatic carbocycles. The van der Waals surface area contributed by atoms with Crippen molar-refractivity contribution in [3.63, 3.8) is 0 Å². The number of carbonyl (C=O) groups excluding carboxylic acids is 1. The molecule has 0 saturated carbocycles. The van der Waals surface area contributed by atoms with Crippen LogP contribution >= 0.6 is 8.46 Å². The van der Waals surface area contributed by atoms with Crippen molar-refractivity contribution in [1.29, 1.82) is 0 Å². The van der Waals surface area contributed by atoms with Gasteiger partial charge in [0.25, 0.3) is 5.34 Å². The van der Waals surface area contributed by atoms with Crippen LogP contribution in [0.5, 0.6) is 0 Å². The molecule has 1 amide bonds. The maximum absolute atomic E-state index is 11.8. The maximum atomic E-state index is 11.8. The van der Waals surface area contributed by atoms with E-state index in [0.717, 1.165) is 11.1 Å². The molecule has 4 N–H and O–H groups in total. The van der Waals surface area contributed by atoms with E-state index in [1.54, 1.807) is 12.1 Å². The van der Waals surface area contributed by atoms with Crippen molar-refractivity contribution in [2.75, 3.05) is 0 Å². The van der Waals surface area contributed by atoms with Gasteiger partial charge in [-0.15, -0.1) is 0 Å². The number of nitrogens with two attached hydrogens (primary N) is 1. The molecule has 6 nitrogen and oxygen atoms in total. The first kappa shape index (κ1) is 19.8. The average molecular weight is 374 g/mol. The van der Waals surface area contributed by atoms with Crippen LogP contribution < -0.4 is 5.73 Å². The topological polar surface area (TPSA) is 118 Å². The van der Waals surface area contributed by atoms with Crippen molar-refractivity contribution in [3.8, 4) is 11.1 Å². The summed E-state index contributed by atoms with van der Waals surface area (Å²) in [5.41, 5.74) is 7.49. The number of benzene rings is 2. The lowest BCUT2D eigenvalue weighted by Crippen LogP contribution is -2.40. The van der Waals surface area contributed by atoms with Crippen LogP contribution in [0.3, 0.4) is 0 Å². The Bertz CT molecular complexity index is 796. The van der Waals surface area contributed by atoms with Crippen LogP contribution in [0, 0.1) is 5.92 Å². The number of carboxylic acids is 1. The molecule has 0 spiro atoms. The summed E-state index contributed by atoms with van der Waals surface area (Å²) >= 11 is 0. The fourth-order valence-corrected chi connectivity index (χ4v) is 3.62. The largest absolute Gasteiger partial charge is 0.481 e. The van der Waals surface area contributed by atoms with E-state index in [-0.39, 0.29) is 19.3 Å². The van der Waals surface area contributed by atoms with Crippen LogP contribution in [0.15, 0.2) is 54.6 Å². The van der Waals surface area contributed by atoms with E-state index in [9.17, 15) is 24.4 Å². The van der Waals surface area contributed by atoms with E-state index in [2.05, 4.69) is 0 Å². The molecule has 0 aromatic heterocycles. The summed E-state index contributed by atoms with van der Waals surface area (Å²) < 4.78 is 11.8. The van der Waals surface area contributed by atoms with Crippen molar-refractivity contribution in [1.82, 2.24) is 0 Å². The third-order valence-corrected chi connectivity index (χ3v) is 5.17. The Hall–Kier alpha value is -2.56. The smallest absolute Gasteiger partial charge is 0.360 e. The van der Waals surface area contributed by atoms with Gasteiger partial charge < -0.3 is 15.9 Å². The summed E-state index contributed by atoms with van der Waals surface area (Å²) in [5.74, 6) is -3.35. The van der Waals surface area contributed by atoms with Crippen molar-refractivity contribution >= 4 is 20.3 Å². The second-order valence-electron chi connectivity index (χ2n) is 6.12. The minimum atomic E-state index is -1.99. The normalized spacial score (nSPS) is 14.5. The predicted molar refractivity (Wildman–Crippen MR) is 99.1 cm³/mol. The molecule has 0 bridgehead atoms. The number of carboxylic acid groups (broad SMARTS) is 1. The zero-order chi connectivity index (χ0) is 19.2. The summed E-state index contributed by atoms with van der Waals surface area (Å²) in [5, 5.41) is 18.3. The van der Waals surface area contributed by atoms with Gasteiger partial charge in [-0.05, 0) is 23.1 Å². The highest BCUT2D eigenvalue weighted by atomic mass is 31.1. The van der Waals surface area contributed by atoms with Crippen molar-refractivity contribution < 1.29 is 24.4 Å². The van der Waals surface area contributed by atoms with Gasteiger partial charge in [0.2, 0.25) is 5.91 Å². The summed E-state index contributed by atoms with van der Waals surface area (Å²) in [4.78, 5) is 22.6. The zero-order valence-electron chi connectivity index (χ0n) is 14.1. The molecule has 0 aliphatic carbocycles. The Kier molecular flexibility index (Phi) is 6.61. The number of aliphatic carboxylic acids is 1. The monoisotopic (exact) mass is 374 g/mol. The van der Waals surface area contributed by atoms with Crippen LogP contribution in [0.1, 0.15) is 18.4 Å². The van der Waals surface area contributed by atoms with Crippen LogP contribution in [0.4, 0.5) is 0 Å². The summed E-state index contributed by atoms with van der Waals surface area (Å²) in [6.07, 6.45) is -0.496. The van der Waals surface area contributed by atoms with Gasteiger partial charge in [0, 0.05) is 12.8 Å². The van der Waals surface area contributed by atoms with E-state index in [1.807, 2.05) is 42.5 Å². The molecule has 0 radical (unpaired) electrons. The van der Waals surface area contributed by atoms with E-state index < -0.39 is 31.6 Å². The molecule has 0 saturated heterocycles. The van der Waals surface area contributed by atoms with Crippen molar-refractivity contribution in [2.45, 2.75) is 24.6 Å². The number of rotatable bonds is 9. The molecule has 2 aromatic rings. The molecule has 0 aliphatic heterocycles. The first-order chi connectivity index (χ1) is 12.4. The Morgan fingerprint density at radius 2 is 1.69 bits per heavy atom. The van der Waals surface area contributed by atoms with E-state index in [0.29, 0.717) is 5.56 Å². The van der Waals surface area contributed by atoms with E-state index >= 15 is 0 Å². The summed E-state index contributed by atoms with van der Waals surface area (Å²) in [6, 6.07) is 16.7. The minimum absolute atomic E-state index is 0.115. The highest BCUT2D eigenvalue weighted by Gasteiger charge is 2.49. The van der Waals surface area contributed by atoms with Gasteiger partial charge in [-0.1, -0.05) is 59.2 Å². The van der Waals surface area contributed by atoms with E-state index in [1.165, 1.54) is 0 Å². The van der Waals surface area contributed by atoms with Gasteiger partial charge in [0.15, 0.2) is 0 Å². The molecule has 26 heavy (non-hydrogen) atoms. The predicted octanol–water partition coefficient (Wildman–Crippen LogP) is 2.58. The van der Waals surface area contributed by atoms with Crippen LogP contribution in [0.2, 0.25) is 0 Å². The van der Waals surface area contributed by atoms with Gasteiger partial charge in [-0.3, -0.25) is 9.59 Å². The van der Waals surface area contributed by atoms with Crippen LogP contribution in [0.25, 0.3) is 11.1 Å². The lowest BCUT2D eigenvalue weighted by molar-refractivity contribution is -0.147. The van der Waals surface area contributed by atoms with Gasteiger partial charge in [-0.25, -0.2) is 0 Å². The molecule has 136 valence electrons. The van der Waals surface area contributed by atoms with E-state index in [4.69, 9.17) is 5.73 Å². The number of hydrogen-bond donors (Lipinski definition) is 3. The highest BCUT2D eigenvalue weighted by molar-refractivity contribution is 7.25. The Balaban J connectivity index is 2.38. The SMILES string of the molecule is NC(=O)CCC(C(=O)O)C(O)(Cc1ccccc1-c1ccccc1)[PH+]=O. The number of aliphatic hydroxyl groups is 1. The first-order valence-electron chi connectivity index (χ1n) is 8.13.